The highest BCUT2D eigenvalue weighted by Crippen LogP contribution is 2.44. The second kappa shape index (κ2) is 6.22. The Hall–Kier alpha value is -2.62. The molecule has 1 atom stereocenters. The fourth-order valence-corrected chi connectivity index (χ4v) is 4.09. The third kappa shape index (κ3) is 3.03. The Balaban J connectivity index is 1.61. The van der Waals surface area contributed by atoms with Gasteiger partial charge in [-0.05, 0) is 66.1 Å². The molecule has 2 aromatic rings. The molecule has 27 heavy (non-hydrogen) atoms. The van der Waals surface area contributed by atoms with Crippen LogP contribution in [-0.4, -0.2) is 18.4 Å². The largest absolute Gasteiger partial charge is 0.322 e. The van der Waals surface area contributed by atoms with E-state index >= 15 is 0 Å². The Morgan fingerprint density at radius 2 is 1.85 bits per heavy atom. The van der Waals surface area contributed by atoms with E-state index in [1.807, 2.05) is 48.2 Å². The normalized spacial score (nSPS) is 18.4. The molecule has 2 amide bonds. The van der Waals surface area contributed by atoms with Crippen LogP contribution >= 0.6 is 0 Å². The zero-order valence-electron chi connectivity index (χ0n) is 16.4. The average molecular weight is 362 g/mol. The summed E-state index contributed by atoms with van der Waals surface area (Å²) < 4.78 is 0. The molecule has 0 saturated heterocycles. The summed E-state index contributed by atoms with van der Waals surface area (Å²) in [4.78, 5) is 27.1. The van der Waals surface area contributed by atoms with E-state index in [0.717, 1.165) is 41.9 Å². The average Bonchev–Trinajstić information content (AvgIpc) is 2.88. The van der Waals surface area contributed by atoms with Gasteiger partial charge in [0.1, 0.15) is 0 Å². The summed E-state index contributed by atoms with van der Waals surface area (Å²) in [5.41, 5.74) is 5.96. The monoisotopic (exact) mass is 362 g/mol. The first-order chi connectivity index (χ1) is 12.8. The summed E-state index contributed by atoms with van der Waals surface area (Å²) in [6.45, 7) is 9.22. The molecule has 0 fully saturated rings. The molecule has 0 aromatic heterocycles. The third-order valence-corrected chi connectivity index (χ3v) is 5.69. The predicted octanol–water partition coefficient (Wildman–Crippen LogP) is 4.63. The number of nitrogens with one attached hydrogen (secondary N) is 1. The van der Waals surface area contributed by atoms with Gasteiger partial charge in [-0.2, -0.15) is 0 Å². The van der Waals surface area contributed by atoms with Crippen molar-refractivity contribution in [1.82, 2.24) is 0 Å². The molecule has 0 saturated carbocycles. The number of benzene rings is 2. The van der Waals surface area contributed by atoms with E-state index in [2.05, 4.69) is 26.1 Å². The summed E-state index contributed by atoms with van der Waals surface area (Å²) in [5.74, 6) is -0.0841. The van der Waals surface area contributed by atoms with E-state index in [9.17, 15) is 9.59 Å². The van der Waals surface area contributed by atoms with Gasteiger partial charge < -0.3 is 10.2 Å². The highest BCUT2D eigenvalue weighted by Gasteiger charge is 2.37. The smallest absolute Gasteiger partial charge is 0.255 e. The van der Waals surface area contributed by atoms with E-state index in [-0.39, 0.29) is 23.1 Å². The first kappa shape index (κ1) is 17.8. The Labute approximate surface area is 160 Å². The Morgan fingerprint density at radius 3 is 2.52 bits per heavy atom. The van der Waals surface area contributed by atoms with E-state index in [4.69, 9.17) is 0 Å². The fraction of sp³-hybridized carbons (Fsp3) is 0.391. The van der Waals surface area contributed by atoms with Crippen LogP contribution in [0.25, 0.3) is 0 Å². The first-order valence-electron chi connectivity index (χ1n) is 9.66. The minimum absolute atomic E-state index is 0.0617. The summed E-state index contributed by atoms with van der Waals surface area (Å²) in [5, 5.41) is 3.03. The number of hydrogen-bond acceptors (Lipinski definition) is 2. The molecule has 2 heterocycles. The predicted molar refractivity (Wildman–Crippen MR) is 109 cm³/mol. The molecular formula is C23H26N2O2. The molecule has 0 radical (unpaired) electrons. The SMILES string of the molecule is C[C@@H]1C(=O)N2CCCc3cc(NC(=O)c4ccc(C(C)(C)C)cc4)cc1c32. The van der Waals surface area contributed by atoms with E-state index in [0.29, 0.717) is 5.56 Å². The van der Waals surface area contributed by atoms with Crippen molar-refractivity contribution in [2.75, 3.05) is 16.8 Å². The number of carbonyl (C=O) groups excluding carboxylic acids is 2. The molecule has 0 bridgehead atoms. The van der Waals surface area contributed by atoms with Crippen LogP contribution in [-0.2, 0) is 16.6 Å². The van der Waals surface area contributed by atoms with Crippen molar-refractivity contribution in [2.45, 2.75) is 51.9 Å². The van der Waals surface area contributed by atoms with Crippen molar-refractivity contribution in [3.05, 3.63) is 58.7 Å². The lowest BCUT2D eigenvalue weighted by atomic mass is 9.86. The van der Waals surface area contributed by atoms with Gasteiger partial charge in [-0.25, -0.2) is 0 Å². The van der Waals surface area contributed by atoms with Gasteiger partial charge >= 0.3 is 0 Å². The summed E-state index contributed by atoms with van der Waals surface area (Å²) in [6.07, 6.45) is 1.92. The summed E-state index contributed by atoms with van der Waals surface area (Å²) >= 11 is 0. The lowest BCUT2D eigenvalue weighted by Crippen LogP contribution is -2.32. The van der Waals surface area contributed by atoms with Crippen molar-refractivity contribution in [3.63, 3.8) is 0 Å². The van der Waals surface area contributed by atoms with Gasteiger partial charge in [0.2, 0.25) is 5.91 Å². The van der Waals surface area contributed by atoms with E-state index in [1.54, 1.807) is 0 Å². The highest BCUT2D eigenvalue weighted by atomic mass is 16.2. The number of rotatable bonds is 2. The van der Waals surface area contributed by atoms with Crippen LogP contribution in [0.2, 0.25) is 0 Å². The fourth-order valence-electron chi connectivity index (χ4n) is 4.09. The second-order valence-corrected chi connectivity index (χ2v) is 8.67. The van der Waals surface area contributed by atoms with Crippen LogP contribution in [0.4, 0.5) is 11.4 Å². The molecule has 2 aliphatic heterocycles. The van der Waals surface area contributed by atoms with Crippen molar-refractivity contribution >= 4 is 23.2 Å². The quantitative estimate of drug-likeness (QED) is 0.846. The van der Waals surface area contributed by atoms with E-state index in [1.165, 1.54) is 5.56 Å². The molecule has 4 heteroatoms. The molecule has 1 N–H and O–H groups in total. The molecule has 0 unspecified atom stereocenters. The van der Waals surface area contributed by atoms with Gasteiger partial charge in [0, 0.05) is 17.8 Å². The maximum atomic E-state index is 12.7. The molecule has 4 nitrogen and oxygen atoms in total. The molecule has 2 aromatic carbocycles. The molecular weight excluding hydrogens is 336 g/mol. The first-order valence-corrected chi connectivity index (χ1v) is 9.66. The number of aryl methyl sites for hydroxylation is 1. The van der Waals surface area contributed by atoms with Gasteiger partial charge in [-0.1, -0.05) is 32.9 Å². The third-order valence-electron chi connectivity index (χ3n) is 5.69. The molecule has 0 spiro atoms. The summed E-state index contributed by atoms with van der Waals surface area (Å²) in [6, 6.07) is 11.8. The van der Waals surface area contributed by atoms with Gasteiger partial charge in [0.05, 0.1) is 11.6 Å². The zero-order chi connectivity index (χ0) is 19.3. The maximum absolute atomic E-state index is 12.7. The zero-order valence-corrected chi connectivity index (χ0v) is 16.4. The van der Waals surface area contributed by atoms with Gasteiger partial charge in [0.15, 0.2) is 0 Å². The standard InChI is InChI=1S/C23H26N2O2/c1-14-19-13-18(12-16-6-5-11-25(20(16)19)22(14)27)24-21(26)15-7-9-17(10-8-15)23(2,3)4/h7-10,12-14H,5-6,11H2,1-4H3,(H,24,26)/t14-/m0/s1. The molecule has 0 aliphatic carbocycles. The van der Waals surface area contributed by atoms with Crippen molar-refractivity contribution < 1.29 is 9.59 Å². The van der Waals surface area contributed by atoms with Gasteiger partial charge in [-0.15, -0.1) is 0 Å². The second-order valence-electron chi connectivity index (χ2n) is 8.67. The van der Waals surface area contributed by atoms with Gasteiger partial charge in [-0.3, -0.25) is 9.59 Å². The minimum atomic E-state index is -0.139. The number of amides is 2. The number of nitrogens with zero attached hydrogens (tertiary/aromatic N) is 1. The maximum Gasteiger partial charge on any atom is 0.255 e. The topological polar surface area (TPSA) is 49.4 Å². The van der Waals surface area contributed by atoms with Crippen LogP contribution in [0.1, 0.15) is 67.1 Å². The van der Waals surface area contributed by atoms with Crippen molar-refractivity contribution in [2.24, 2.45) is 0 Å². The lowest BCUT2D eigenvalue weighted by Gasteiger charge is -2.26. The Morgan fingerprint density at radius 1 is 1.15 bits per heavy atom. The molecule has 2 aliphatic rings. The van der Waals surface area contributed by atoms with Crippen LogP contribution in [0.3, 0.4) is 0 Å². The number of carbonyl (C=O) groups is 2. The van der Waals surface area contributed by atoms with Crippen LogP contribution in [0.15, 0.2) is 36.4 Å². The molecule has 140 valence electrons. The van der Waals surface area contributed by atoms with Crippen molar-refractivity contribution in [3.8, 4) is 0 Å². The summed E-state index contributed by atoms with van der Waals surface area (Å²) in [7, 11) is 0. The Bertz CT molecular complexity index is 923. The minimum Gasteiger partial charge on any atom is -0.322 e. The molecule has 4 rings (SSSR count). The Kier molecular flexibility index (Phi) is 4.10. The van der Waals surface area contributed by atoms with E-state index < -0.39 is 0 Å². The lowest BCUT2D eigenvalue weighted by molar-refractivity contribution is -0.119. The number of hydrogen-bond donors (Lipinski definition) is 1. The van der Waals surface area contributed by atoms with Gasteiger partial charge in [0.25, 0.3) is 5.91 Å². The number of anilines is 2. The van der Waals surface area contributed by atoms with Crippen LogP contribution < -0.4 is 10.2 Å². The highest BCUT2D eigenvalue weighted by molar-refractivity contribution is 6.08. The van der Waals surface area contributed by atoms with Crippen LogP contribution in [0.5, 0.6) is 0 Å². The van der Waals surface area contributed by atoms with Crippen LogP contribution in [0, 0.1) is 0 Å². The van der Waals surface area contributed by atoms with Crippen molar-refractivity contribution in [1.29, 1.82) is 0 Å².